The number of nitrogens with zero attached hydrogens (tertiary/aromatic N) is 1. The highest BCUT2D eigenvalue weighted by Crippen LogP contribution is 2.26. The lowest BCUT2D eigenvalue weighted by atomic mass is 10.4. The zero-order chi connectivity index (χ0) is 12.3. The summed E-state index contributed by atoms with van der Waals surface area (Å²) in [5.41, 5.74) is -1.94. The minimum absolute atomic E-state index is 0.114. The van der Waals surface area contributed by atoms with Gasteiger partial charge < -0.3 is 9.72 Å². The molecule has 0 saturated carbocycles. The van der Waals surface area contributed by atoms with Crippen LogP contribution in [0.2, 0.25) is 0 Å². The van der Waals surface area contributed by atoms with E-state index in [0.29, 0.717) is 6.07 Å². The maximum Gasteiger partial charge on any atom is 0.431 e. The van der Waals surface area contributed by atoms with Crippen molar-refractivity contribution in [1.29, 1.82) is 0 Å². The van der Waals surface area contributed by atoms with Crippen molar-refractivity contribution in [3.63, 3.8) is 0 Å². The van der Waals surface area contributed by atoms with Crippen molar-refractivity contribution in [2.24, 2.45) is 0 Å². The number of methoxy groups -OCH3 is 1. The van der Waals surface area contributed by atoms with E-state index in [9.17, 15) is 18.0 Å². The van der Waals surface area contributed by atoms with Gasteiger partial charge in [-0.3, -0.25) is 9.36 Å². The molecule has 0 amide bonds. The molecule has 0 aliphatic heterocycles. The molecular formula is C8H9F3N2O2S. The van der Waals surface area contributed by atoms with E-state index in [4.69, 9.17) is 4.74 Å². The Morgan fingerprint density at radius 1 is 1.56 bits per heavy atom. The molecule has 0 bridgehead atoms. The average molecular weight is 254 g/mol. The maximum absolute atomic E-state index is 12.3. The van der Waals surface area contributed by atoms with Gasteiger partial charge in [0.05, 0.1) is 13.2 Å². The number of hydrogen-bond donors (Lipinski definition) is 1. The van der Waals surface area contributed by atoms with Crippen LogP contribution in [0.25, 0.3) is 0 Å². The second-order valence-electron chi connectivity index (χ2n) is 2.97. The SMILES string of the molecule is COCCn1c(=O)cc(C(F)(F)F)[nH]c1=S. The third-order valence-electron chi connectivity index (χ3n) is 1.85. The van der Waals surface area contributed by atoms with E-state index < -0.39 is 17.4 Å². The fourth-order valence-corrected chi connectivity index (χ4v) is 1.36. The summed E-state index contributed by atoms with van der Waals surface area (Å²) in [6, 6.07) is 0.478. The average Bonchev–Trinajstić information content (AvgIpc) is 2.15. The van der Waals surface area contributed by atoms with Crippen molar-refractivity contribution >= 4 is 12.2 Å². The molecule has 4 nitrogen and oxygen atoms in total. The number of rotatable bonds is 3. The van der Waals surface area contributed by atoms with E-state index in [1.165, 1.54) is 7.11 Å². The van der Waals surface area contributed by atoms with Crippen LogP contribution in [0, 0.1) is 4.77 Å². The number of ether oxygens (including phenoxy) is 1. The van der Waals surface area contributed by atoms with Crippen LogP contribution in [0.1, 0.15) is 5.69 Å². The molecule has 1 heterocycles. The molecule has 0 saturated heterocycles. The van der Waals surface area contributed by atoms with E-state index in [2.05, 4.69) is 12.2 Å². The van der Waals surface area contributed by atoms with E-state index in [-0.39, 0.29) is 17.9 Å². The molecule has 1 aromatic rings. The van der Waals surface area contributed by atoms with E-state index >= 15 is 0 Å². The molecule has 0 aromatic carbocycles. The van der Waals surface area contributed by atoms with Gasteiger partial charge in [0, 0.05) is 13.2 Å². The Morgan fingerprint density at radius 3 is 2.62 bits per heavy atom. The third kappa shape index (κ3) is 2.92. The van der Waals surface area contributed by atoms with Crippen molar-refractivity contribution in [1.82, 2.24) is 9.55 Å². The summed E-state index contributed by atoms with van der Waals surface area (Å²) in [6.07, 6.45) is -4.60. The molecule has 0 aliphatic rings. The zero-order valence-corrected chi connectivity index (χ0v) is 9.11. The summed E-state index contributed by atoms with van der Waals surface area (Å²) < 4.78 is 42.3. The molecule has 1 N–H and O–H groups in total. The first-order valence-electron chi connectivity index (χ1n) is 4.26. The fraction of sp³-hybridized carbons (Fsp3) is 0.500. The Kier molecular flexibility index (Phi) is 3.87. The predicted octanol–water partition coefficient (Wildman–Crippen LogP) is 1.57. The number of alkyl halides is 3. The lowest BCUT2D eigenvalue weighted by molar-refractivity contribution is -0.141. The quantitative estimate of drug-likeness (QED) is 0.833. The van der Waals surface area contributed by atoms with E-state index in [1.54, 1.807) is 0 Å². The Balaban J connectivity index is 3.19. The normalized spacial score (nSPS) is 11.8. The molecule has 0 atom stereocenters. The van der Waals surface area contributed by atoms with Gasteiger partial charge in [-0.1, -0.05) is 0 Å². The first kappa shape index (κ1) is 12.9. The third-order valence-corrected chi connectivity index (χ3v) is 2.17. The molecule has 0 fully saturated rings. The van der Waals surface area contributed by atoms with Gasteiger partial charge in [-0.2, -0.15) is 13.2 Å². The highest BCUT2D eigenvalue weighted by molar-refractivity contribution is 7.71. The van der Waals surface area contributed by atoms with E-state index in [0.717, 1.165) is 4.57 Å². The first-order chi connectivity index (χ1) is 7.36. The Labute approximate surface area is 93.7 Å². The van der Waals surface area contributed by atoms with Crippen LogP contribution < -0.4 is 5.56 Å². The van der Waals surface area contributed by atoms with Gasteiger partial charge >= 0.3 is 6.18 Å². The lowest BCUT2D eigenvalue weighted by Crippen LogP contribution is -2.26. The predicted molar refractivity (Wildman–Crippen MR) is 52.8 cm³/mol. The maximum atomic E-state index is 12.3. The second kappa shape index (κ2) is 4.79. The van der Waals surface area contributed by atoms with Gasteiger partial charge in [0.2, 0.25) is 0 Å². The number of halogens is 3. The summed E-state index contributed by atoms with van der Waals surface area (Å²) >= 11 is 4.66. The van der Waals surface area contributed by atoms with Gasteiger partial charge in [-0.15, -0.1) is 0 Å². The van der Waals surface area contributed by atoms with Crippen LogP contribution in [-0.2, 0) is 17.5 Å². The zero-order valence-electron chi connectivity index (χ0n) is 8.30. The second-order valence-corrected chi connectivity index (χ2v) is 3.36. The summed E-state index contributed by atoms with van der Waals surface area (Å²) in [7, 11) is 1.42. The number of H-pyrrole nitrogens is 1. The topological polar surface area (TPSA) is 47.0 Å². The molecule has 8 heteroatoms. The summed E-state index contributed by atoms with van der Waals surface area (Å²) in [4.78, 5) is 13.3. The minimum atomic E-state index is -4.60. The van der Waals surface area contributed by atoms with Crippen molar-refractivity contribution in [3.8, 4) is 0 Å². The van der Waals surface area contributed by atoms with Gasteiger partial charge in [0.15, 0.2) is 4.77 Å². The van der Waals surface area contributed by atoms with Crippen molar-refractivity contribution in [3.05, 3.63) is 26.9 Å². The van der Waals surface area contributed by atoms with Crippen LogP contribution in [-0.4, -0.2) is 23.3 Å². The lowest BCUT2D eigenvalue weighted by Gasteiger charge is -2.09. The molecule has 0 radical (unpaired) electrons. The van der Waals surface area contributed by atoms with Crippen LogP contribution in [0.5, 0.6) is 0 Å². The number of hydrogen-bond acceptors (Lipinski definition) is 3. The largest absolute Gasteiger partial charge is 0.431 e. The number of aromatic amines is 1. The van der Waals surface area contributed by atoms with Crippen LogP contribution >= 0.6 is 12.2 Å². The highest BCUT2D eigenvalue weighted by atomic mass is 32.1. The molecule has 1 aromatic heterocycles. The van der Waals surface area contributed by atoms with Gasteiger partial charge in [-0.05, 0) is 12.2 Å². The van der Waals surface area contributed by atoms with Crippen molar-refractivity contribution < 1.29 is 17.9 Å². The number of aromatic nitrogens is 2. The molecule has 90 valence electrons. The molecule has 0 aliphatic carbocycles. The summed E-state index contributed by atoms with van der Waals surface area (Å²) in [6.45, 7) is 0.311. The monoisotopic (exact) mass is 254 g/mol. The molecule has 0 spiro atoms. The van der Waals surface area contributed by atoms with Crippen LogP contribution in [0.3, 0.4) is 0 Å². The minimum Gasteiger partial charge on any atom is -0.383 e. The van der Waals surface area contributed by atoms with Crippen molar-refractivity contribution in [2.75, 3.05) is 13.7 Å². The Hall–Kier alpha value is -1.15. The van der Waals surface area contributed by atoms with Gasteiger partial charge in [0.25, 0.3) is 5.56 Å². The molecule has 1 rings (SSSR count). The van der Waals surface area contributed by atoms with Gasteiger partial charge in [0.1, 0.15) is 5.69 Å². The van der Waals surface area contributed by atoms with Gasteiger partial charge in [-0.25, -0.2) is 0 Å². The van der Waals surface area contributed by atoms with E-state index in [1.807, 2.05) is 4.98 Å². The Bertz CT molecular complexity index is 446. The fourth-order valence-electron chi connectivity index (χ4n) is 1.07. The molecular weight excluding hydrogens is 245 g/mol. The van der Waals surface area contributed by atoms with Crippen LogP contribution in [0.15, 0.2) is 10.9 Å². The summed E-state index contributed by atoms with van der Waals surface area (Å²) in [5, 5.41) is 0. The smallest absolute Gasteiger partial charge is 0.383 e. The highest BCUT2D eigenvalue weighted by Gasteiger charge is 2.32. The number of nitrogens with one attached hydrogen (secondary N) is 1. The van der Waals surface area contributed by atoms with Crippen LogP contribution in [0.4, 0.5) is 13.2 Å². The van der Waals surface area contributed by atoms with Crippen molar-refractivity contribution in [2.45, 2.75) is 12.7 Å². The molecule has 16 heavy (non-hydrogen) atoms. The molecule has 0 unspecified atom stereocenters. The Morgan fingerprint density at radius 2 is 2.19 bits per heavy atom. The first-order valence-corrected chi connectivity index (χ1v) is 4.67. The summed E-state index contributed by atoms with van der Waals surface area (Å²) in [5.74, 6) is 0. The standard InChI is InChI=1S/C8H9F3N2O2S/c1-15-3-2-13-6(14)4-5(8(9,10)11)12-7(13)16/h4H,2-3H2,1H3,(H,12,16).